The minimum absolute atomic E-state index is 0.0278. The monoisotopic (exact) mass is 155 g/mol. The van der Waals surface area contributed by atoms with Crippen LogP contribution in [0.1, 0.15) is 12.8 Å². The largest absolute Gasteiger partial charge is 0.310 e. The Labute approximate surface area is 63.6 Å². The number of rotatable bonds is 2. The topological polar surface area (TPSA) is 52.4 Å². The van der Waals surface area contributed by atoms with Crippen LogP contribution in [0.25, 0.3) is 0 Å². The summed E-state index contributed by atoms with van der Waals surface area (Å²) in [4.78, 5) is 14.7. The number of nitrogens with zero attached hydrogens (tertiary/aromatic N) is 1. The Balaban J connectivity index is 1.77. The second kappa shape index (κ2) is 1.52. The van der Waals surface area contributed by atoms with E-state index in [-0.39, 0.29) is 6.10 Å². The molecule has 0 saturated heterocycles. The molecule has 0 aromatic rings. The predicted molar refractivity (Wildman–Crippen MR) is 35.1 cm³/mol. The second-order valence-electron chi connectivity index (χ2n) is 3.93. The Bertz CT molecular complexity index is 216. The van der Waals surface area contributed by atoms with Gasteiger partial charge in [0.2, 0.25) is 0 Å². The van der Waals surface area contributed by atoms with E-state index in [1.165, 1.54) is 12.8 Å². The fourth-order valence-electron chi connectivity index (χ4n) is 3.26. The fourth-order valence-corrected chi connectivity index (χ4v) is 3.26. The molecule has 4 heteroatoms. The molecule has 0 aliphatic heterocycles. The molecular formula is C7H9NO3. The highest BCUT2D eigenvalue weighted by molar-refractivity contribution is 5.17. The van der Waals surface area contributed by atoms with E-state index in [0.717, 1.165) is 11.8 Å². The molecule has 4 rings (SSSR count). The smallest absolute Gasteiger partial charge is 0.294 e. The molecule has 4 bridgehead atoms. The number of hydrogen-bond donors (Lipinski definition) is 0. The molecule has 11 heavy (non-hydrogen) atoms. The quantitative estimate of drug-likeness (QED) is 0.438. The van der Waals surface area contributed by atoms with Crippen LogP contribution in [0.4, 0.5) is 0 Å². The van der Waals surface area contributed by atoms with Crippen LogP contribution in [-0.2, 0) is 4.84 Å². The van der Waals surface area contributed by atoms with E-state index in [0.29, 0.717) is 11.8 Å². The van der Waals surface area contributed by atoms with Gasteiger partial charge in [0.15, 0.2) is 0 Å². The van der Waals surface area contributed by atoms with Gasteiger partial charge in [-0.15, -0.1) is 10.1 Å². The Morgan fingerprint density at radius 1 is 1.36 bits per heavy atom. The van der Waals surface area contributed by atoms with Crippen molar-refractivity contribution in [3.63, 3.8) is 0 Å². The molecule has 4 saturated carbocycles. The first-order valence-electron chi connectivity index (χ1n) is 4.08. The van der Waals surface area contributed by atoms with Crippen molar-refractivity contribution >= 4 is 0 Å². The van der Waals surface area contributed by atoms with Crippen LogP contribution in [0.15, 0.2) is 0 Å². The summed E-state index contributed by atoms with van der Waals surface area (Å²) in [6.45, 7) is 0. The molecule has 60 valence electrons. The van der Waals surface area contributed by atoms with Crippen LogP contribution in [0, 0.1) is 33.8 Å². The molecule has 0 heterocycles. The summed E-state index contributed by atoms with van der Waals surface area (Å²) in [6, 6.07) is 0. The van der Waals surface area contributed by atoms with E-state index in [1.807, 2.05) is 0 Å². The first kappa shape index (κ1) is 5.80. The Morgan fingerprint density at radius 3 is 2.36 bits per heavy atom. The van der Waals surface area contributed by atoms with Crippen molar-refractivity contribution in [3.05, 3.63) is 10.1 Å². The zero-order chi connectivity index (χ0) is 7.59. The summed E-state index contributed by atoms with van der Waals surface area (Å²) in [7, 11) is 0. The van der Waals surface area contributed by atoms with Gasteiger partial charge in [-0.2, -0.15) is 0 Å². The molecule has 0 aromatic carbocycles. The fraction of sp³-hybridized carbons (Fsp3) is 1.00. The molecule has 4 nitrogen and oxygen atoms in total. The van der Waals surface area contributed by atoms with Crippen LogP contribution in [0.2, 0.25) is 0 Å². The van der Waals surface area contributed by atoms with E-state index in [4.69, 9.17) is 0 Å². The SMILES string of the molecule is O=[N+]([O-])OC1C2CC3C(C2)C31. The molecule has 3 unspecified atom stereocenters. The summed E-state index contributed by atoms with van der Waals surface area (Å²) >= 11 is 0. The summed E-state index contributed by atoms with van der Waals surface area (Å²) in [5.41, 5.74) is 0. The molecule has 4 aliphatic rings. The van der Waals surface area contributed by atoms with Crippen LogP contribution >= 0.6 is 0 Å². The van der Waals surface area contributed by atoms with E-state index < -0.39 is 5.09 Å². The van der Waals surface area contributed by atoms with Crippen molar-refractivity contribution in [2.45, 2.75) is 18.9 Å². The predicted octanol–water partition coefficient (Wildman–Crippen LogP) is 0.849. The van der Waals surface area contributed by atoms with Crippen LogP contribution in [-0.4, -0.2) is 11.2 Å². The minimum atomic E-state index is -0.624. The average Bonchev–Trinajstić information content (AvgIpc) is 2.30. The molecule has 0 radical (unpaired) electrons. The van der Waals surface area contributed by atoms with E-state index >= 15 is 0 Å². The maximum Gasteiger partial charge on any atom is 0.294 e. The average molecular weight is 155 g/mol. The van der Waals surface area contributed by atoms with Gasteiger partial charge in [0.05, 0.1) is 0 Å². The van der Waals surface area contributed by atoms with Gasteiger partial charge in [-0.25, -0.2) is 0 Å². The van der Waals surface area contributed by atoms with E-state index in [2.05, 4.69) is 4.84 Å². The van der Waals surface area contributed by atoms with Gasteiger partial charge in [-0.1, -0.05) is 0 Å². The highest BCUT2D eigenvalue weighted by atomic mass is 17.0. The molecular weight excluding hydrogens is 146 g/mol. The van der Waals surface area contributed by atoms with Gasteiger partial charge in [0.1, 0.15) is 6.10 Å². The van der Waals surface area contributed by atoms with Crippen LogP contribution in [0.3, 0.4) is 0 Å². The third kappa shape index (κ3) is 0.559. The molecule has 0 amide bonds. The first-order chi connectivity index (χ1) is 5.27. The van der Waals surface area contributed by atoms with Gasteiger partial charge in [-0.3, -0.25) is 0 Å². The van der Waals surface area contributed by atoms with Gasteiger partial charge in [0.25, 0.3) is 5.09 Å². The van der Waals surface area contributed by atoms with Gasteiger partial charge >= 0.3 is 0 Å². The molecule has 0 N–H and O–H groups in total. The van der Waals surface area contributed by atoms with Crippen molar-refractivity contribution in [3.8, 4) is 0 Å². The van der Waals surface area contributed by atoms with Crippen LogP contribution in [0.5, 0.6) is 0 Å². The molecule has 3 atom stereocenters. The Kier molecular flexibility index (Phi) is 0.799. The van der Waals surface area contributed by atoms with Crippen molar-refractivity contribution < 1.29 is 9.92 Å². The summed E-state index contributed by atoms with van der Waals surface area (Å²) in [6.07, 6.45) is 2.35. The summed E-state index contributed by atoms with van der Waals surface area (Å²) in [5.74, 6) is 2.67. The molecule has 0 spiro atoms. The van der Waals surface area contributed by atoms with Crippen molar-refractivity contribution in [2.24, 2.45) is 23.7 Å². The zero-order valence-corrected chi connectivity index (χ0v) is 5.97. The lowest BCUT2D eigenvalue weighted by Gasteiger charge is -2.10. The van der Waals surface area contributed by atoms with E-state index in [1.54, 1.807) is 0 Å². The Hall–Kier alpha value is -0.800. The standard InChI is InChI=1S/C7H9NO3/c9-8(10)11-7-3-1-4-5(2-3)6(4)7/h3-7H,1-2H2. The lowest BCUT2D eigenvalue weighted by Crippen LogP contribution is -2.20. The molecule has 0 aromatic heterocycles. The third-order valence-corrected chi connectivity index (χ3v) is 3.60. The lowest BCUT2D eigenvalue weighted by atomic mass is 10.1. The Morgan fingerprint density at radius 2 is 2.00 bits per heavy atom. The highest BCUT2D eigenvalue weighted by Crippen LogP contribution is 2.71. The van der Waals surface area contributed by atoms with Gasteiger partial charge in [0, 0.05) is 0 Å². The highest BCUT2D eigenvalue weighted by Gasteiger charge is 2.69. The number of hydrogen-bond acceptors (Lipinski definition) is 3. The van der Waals surface area contributed by atoms with Crippen molar-refractivity contribution in [1.82, 2.24) is 0 Å². The summed E-state index contributed by atoms with van der Waals surface area (Å²) < 4.78 is 0. The van der Waals surface area contributed by atoms with Crippen LogP contribution < -0.4 is 0 Å². The minimum Gasteiger partial charge on any atom is -0.310 e. The second-order valence-corrected chi connectivity index (χ2v) is 3.93. The summed E-state index contributed by atoms with van der Waals surface area (Å²) in [5, 5.41) is 9.44. The molecule has 4 fully saturated rings. The van der Waals surface area contributed by atoms with Crippen molar-refractivity contribution in [1.29, 1.82) is 0 Å². The molecule has 4 aliphatic carbocycles. The zero-order valence-electron chi connectivity index (χ0n) is 5.97. The maximum absolute atomic E-state index is 10.1. The van der Waals surface area contributed by atoms with Gasteiger partial charge in [-0.05, 0) is 36.5 Å². The van der Waals surface area contributed by atoms with Gasteiger partial charge < -0.3 is 4.84 Å². The lowest BCUT2D eigenvalue weighted by molar-refractivity contribution is -0.770. The third-order valence-electron chi connectivity index (χ3n) is 3.60. The van der Waals surface area contributed by atoms with Crippen molar-refractivity contribution in [2.75, 3.05) is 0 Å². The normalized spacial score (nSPS) is 56.2. The maximum atomic E-state index is 10.1. The first-order valence-corrected chi connectivity index (χ1v) is 4.08. The van der Waals surface area contributed by atoms with E-state index in [9.17, 15) is 10.1 Å².